The largest absolute Gasteiger partial charge is 0.381 e. The van der Waals surface area contributed by atoms with E-state index in [4.69, 9.17) is 4.74 Å². The molecule has 1 saturated heterocycles. The number of rotatable bonds is 4. The van der Waals surface area contributed by atoms with Crippen molar-refractivity contribution in [3.8, 4) is 0 Å². The second-order valence-electron chi connectivity index (χ2n) is 9.25. The van der Waals surface area contributed by atoms with Crippen molar-refractivity contribution >= 4 is 5.91 Å². The average Bonchev–Trinajstić information content (AvgIpc) is 3.43. The molecule has 2 saturated carbocycles. The zero-order valence-electron chi connectivity index (χ0n) is 16.8. The molecular weight excluding hydrogens is 348 g/mol. The summed E-state index contributed by atoms with van der Waals surface area (Å²) in [6, 6.07) is 6.88. The molecular formula is C24H30N2O2. The van der Waals surface area contributed by atoms with E-state index in [-0.39, 0.29) is 11.3 Å². The van der Waals surface area contributed by atoms with Crippen molar-refractivity contribution in [2.75, 3.05) is 7.11 Å². The van der Waals surface area contributed by atoms with Gasteiger partial charge in [-0.15, -0.1) is 0 Å². The van der Waals surface area contributed by atoms with Gasteiger partial charge in [-0.3, -0.25) is 4.79 Å². The van der Waals surface area contributed by atoms with Gasteiger partial charge >= 0.3 is 0 Å². The van der Waals surface area contributed by atoms with Crippen LogP contribution in [-0.4, -0.2) is 19.1 Å². The summed E-state index contributed by atoms with van der Waals surface area (Å²) in [5, 5.41) is 6.58. The Hall–Kier alpha value is -2.03. The van der Waals surface area contributed by atoms with Gasteiger partial charge in [0.25, 0.3) is 5.91 Å². The number of methoxy groups -OCH3 is 1. The number of carbonyl (C=O) groups is 1. The second-order valence-corrected chi connectivity index (χ2v) is 9.25. The third-order valence-electron chi connectivity index (χ3n) is 7.73. The summed E-state index contributed by atoms with van der Waals surface area (Å²) in [5.41, 5.74) is 5.93. The molecule has 1 aromatic rings. The zero-order chi connectivity index (χ0) is 19.4. The smallest absolute Gasteiger partial charge is 0.256 e. The minimum absolute atomic E-state index is 0.0626. The molecule has 0 radical (unpaired) electrons. The molecule has 4 aliphatic rings. The fraction of sp³-hybridized carbons (Fsp3) is 0.583. The van der Waals surface area contributed by atoms with Crippen LogP contribution in [0.15, 0.2) is 36.3 Å². The normalized spacial score (nSPS) is 33.7. The van der Waals surface area contributed by atoms with E-state index in [0.717, 1.165) is 44.4 Å². The Labute approximate surface area is 167 Å². The first kappa shape index (κ1) is 18.0. The Kier molecular flexibility index (Phi) is 4.19. The van der Waals surface area contributed by atoms with E-state index in [2.05, 4.69) is 41.1 Å². The van der Waals surface area contributed by atoms with Gasteiger partial charge in [0.2, 0.25) is 0 Å². The van der Waals surface area contributed by atoms with E-state index in [1.807, 2.05) is 0 Å². The highest BCUT2D eigenvalue weighted by molar-refractivity contribution is 5.94. The van der Waals surface area contributed by atoms with E-state index in [1.165, 1.54) is 36.0 Å². The van der Waals surface area contributed by atoms with Gasteiger partial charge in [-0.25, -0.2) is 0 Å². The number of nitrogens with one attached hydrogen (secondary N) is 2. The van der Waals surface area contributed by atoms with Gasteiger partial charge in [0, 0.05) is 12.5 Å². The fourth-order valence-electron chi connectivity index (χ4n) is 5.91. The lowest BCUT2D eigenvalue weighted by molar-refractivity contribution is -0.131. The van der Waals surface area contributed by atoms with Crippen LogP contribution in [0.1, 0.15) is 61.6 Å². The van der Waals surface area contributed by atoms with Gasteiger partial charge in [-0.05, 0) is 67.6 Å². The van der Waals surface area contributed by atoms with Gasteiger partial charge in [0.1, 0.15) is 0 Å². The SMILES string of the molecule is C=C=C1NC(=O)C2(N1)c1cc(CCC3CC3)ccc1CC21CCC(OC)CC1. The number of benzene rings is 1. The molecule has 1 heterocycles. The van der Waals surface area contributed by atoms with Crippen molar-refractivity contribution in [1.29, 1.82) is 0 Å². The van der Waals surface area contributed by atoms with E-state index in [9.17, 15) is 4.79 Å². The average molecular weight is 379 g/mol. The Balaban J connectivity index is 1.56. The van der Waals surface area contributed by atoms with Gasteiger partial charge in [0.05, 0.1) is 6.10 Å². The highest BCUT2D eigenvalue weighted by Gasteiger charge is 2.65. The molecule has 3 aliphatic carbocycles. The lowest BCUT2D eigenvalue weighted by Crippen LogP contribution is -2.56. The minimum atomic E-state index is -0.698. The van der Waals surface area contributed by atoms with Crippen molar-refractivity contribution in [3.63, 3.8) is 0 Å². The first-order chi connectivity index (χ1) is 13.6. The van der Waals surface area contributed by atoms with Crippen molar-refractivity contribution in [3.05, 3.63) is 53.0 Å². The van der Waals surface area contributed by atoms with Crippen LogP contribution in [0.4, 0.5) is 0 Å². The molecule has 5 rings (SSSR count). The minimum Gasteiger partial charge on any atom is -0.381 e. The molecule has 4 nitrogen and oxygen atoms in total. The quantitative estimate of drug-likeness (QED) is 0.786. The van der Waals surface area contributed by atoms with Crippen molar-refractivity contribution in [2.24, 2.45) is 11.3 Å². The maximum Gasteiger partial charge on any atom is 0.256 e. The first-order valence-electron chi connectivity index (χ1n) is 10.7. The van der Waals surface area contributed by atoms with Crippen molar-refractivity contribution < 1.29 is 9.53 Å². The topological polar surface area (TPSA) is 50.4 Å². The zero-order valence-corrected chi connectivity index (χ0v) is 16.8. The Bertz CT molecular complexity index is 857. The molecule has 1 amide bonds. The summed E-state index contributed by atoms with van der Waals surface area (Å²) in [5.74, 6) is 1.60. The fourth-order valence-corrected chi connectivity index (χ4v) is 5.91. The molecule has 1 aromatic carbocycles. The van der Waals surface area contributed by atoms with Crippen LogP contribution >= 0.6 is 0 Å². The number of carbonyl (C=O) groups excluding carboxylic acids is 1. The lowest BCUT2D eigenvalue weighted by Gasteiger charge is -2.46. The summed E-state index contributed by atoms with van der Waals surface area (Å²) in [4.78, 5) is 13.4. The van der Waals surface area contributed by atoms with Crippen LogP contribution in [0.5, 0.6) is 0 Å². The van der Waals surface area contributed by atoms with E-state index in [0.29, 0.717) is 11.9 Å². The highest BCUT2D eigenvalue weighted by Crippen LogP contribution is 2.59. The summed E-state index contributed by atoms with van der Waals surface area (Å²) in [6.45, 7) is 3.76. The summed E-state index contributed by atoms with van der Waals surface area (Å²) >= 11 is 0. The second kappa shape index (κ2) is 6.50. The molecule has 2 spiro atoms. The van der Waals surface area contributed by atoms with Crippen LogP contribution < -0.4 is 10.6 Å². The first-order valence-corrected chi connectivity index (χ1v) is 10.7. The number of aryl methyl sites for hydroxylation is 1. The third kappa shape index (κ3) is 2.58. The number of amides is 1. The number of hydrogen-bond donors (Lipinski definition) is 2. The third-order valence-corrected chi connectivity index (χ3v) is 7.73. The number of fused-ring (bicyclic) bond motifs is 3. The molecule has 28 heavy (non-hydrogen) atoms. The van der Waals surface area contributed by atoms with Gasteiger partial charge < -0.3 is 15.4 Å². The molecule has 3 fully saturated rings. The Morgan fingerprint density at radius 1 is 1.25 bits per heavy atom. The predicted octanol–water partition coefficient (Wildman–Crippen LogP) is 3.70. The molecule has 0 aromatic heterocycles. The van der Waals surface area contributed by atoms with E-state index in [1.54, 1.807) is 7.11 Å². The molecule has 0 bridgehead atoms. The van der Waals surface area contributed by atoms with Gasteiger partial charge in [-0.1, -0.05) is 43.4 Å². The highest BCUT2D eigenvalue weighted by atomic mass is 16.5. The van der Waals surface area contributed by atoms with Gasteiger partial charge in [-0.2, -0.15) is 0 Å². The molecule has 4 heteroatoms. The van der Waals surface area contributed by atoms with Crippen LogP contribution in [0.2, 0.25) is 0 Å². The Morgan fingerprint density at radius 2 is 2.04 bits per heavy atom. The molecule has 1 atom stereocenters. The maximum absolute atomic E-state index is 13.4. The molecule has 148 valence electrons. The van der Waals surface area contributed by atoms with Crippen molar-refractivity contribution in [1.82, 2.24) is 10.6 Å². The summed E-state index contributed by atoms with van der Waals surface area (Å²) in [7, 11) is 1.80. The summed E-state index contributed by atoms with van der Waals surface area (Å²) < 4.78 is 5.62. The number of ether oxygens (including phenoxy) is 1. The molecule has 1 aliphatic heterocycles. The van der Waals surface area contributed by atoms with Crippen molar-refractivity contribution in [2.45, 2.75) is 69.4 Å². The molecule has 2 N–H and O–H groups in total. The maximum atomic E-state index is 13.4. The predicted molar refractivity (Wildman–Crippen MR) is 108 cm³/mol. The van der Waals surface area contributed by atoms with Crippen LogP contribution in [0, 0.1) is 11.3 Å². The standard InChI is InChI=1S/C24H30N2O2/c1-3-21-25-22(27)24(26-21)20-14-17(7-6-16-4-5-16)8-9-18(20)15-23(24)12-10-19(28-2)11-13-23/h8-9,14,16,19,26H,1,4-7,10-13,15H2,2H3,(H,25,27). The van der Waals surface area contributed by atoms with Gasteiger partial charge in [0.15, 0.2) is 11.4 Å². The monoisotopic (exact) mass is 378 g/mol. The number of hydrogen-bond acceptors (Lipinski definition) is 3. The van der Waals surface area contributed by atoms with Crippen LogP contribution in [-0.2, 0) is 27.9 Å². The lowest BCUT2D eigenvalue weighted by atomic mass is 9.61. The van der Waals surface area contributed by atoms with Crippen LogP contribution in [0.25, 0.3) is 0 Å². The Morgan fingerprint density at radius 3 is 2.68 bits per heavy atom. The molecule has 1 unspecified atom stereocenters. The van der Waals surface area contributed by atoms with E-state index < -0.39 is 5.54 Å². The van der Waals surface area contributed by atoms with Crippen LogP contribution in [0.3, 0.4) is 0 Å². The van der Waals surface area contributed by atoms with E-state index >= 15 is 0 Å². The summed E-state index contributed by atoms with van der Waals surface area (Å²) in [6.07, 6.45) is 10.4.